The molecule has 0 fully saturated rings. The molecule has 0 saturated heterocycles. The summed E-state index contributed by atoms with van der Waals surface area (Å²) in [5.41, 5.74) is 4.78. The molecule has 1 aromatic carbocycles. The molecule has 0 bridgehead atoms. The van der Waals surface area contributed by atoms with E-state index in [9.17, 15) is 14.9 Å². The molecule has 1 amide bonds. The average molecular weight is 302 g/mol. The third kappa shape index (κ3) is 3.50. The molecule has 1 rings (SSSR count). The number of rotatable bonds is 3. The van der Waals surface area contributed by atoms with E-state index in [1.165, 1.54) is 12.1 Å². The van der Waals surface area contributed by atoms with Crippen LogP contribution in [0.25, 0.3) is 0 Å². The maximum atomic E-state index is 11.6. The Morgan fingerprint density at radius 1 is 1.53 bits per heavy atom. The fourth-order valence-corrected chi connectivity index (χ4v) is 1.41. The lowest BCUT2D eigenvalue weighted by Gasteiger charge is -2.17. The predicted molar refractivity (Wildman–Crippen MR) is 67.7 cm³/mol. The van der Waals surface area contributed by atoms with Crippen molar-refractivity contribution in [2.24, 2.45) is 5.73 Å². The zero-order valence-corrected chi connectivity index (χ0v) is 10.9. The van der Waals surface area contributed by atoms with E-state index in [0.29, 0.717) is 10.2 Å². The Kier molecular flexibility index (Phi) is 3.84. The molecule has 17 heavy (non-hydrogen) atoms. The summed E-state index contributed by atoms with van der Waals surface area (Å²) < 4.78 is 0.354. The van der Waals surface area contributed by atoms with E-state index >= 15 is 0 Å². The summed E-state index contributed by atoms with van der Waals surface area (Å²) in [7, 11) is 0. The van der Waals surface area contributed by atoms with Gasteiger partial charge in [-0.15, -0.1) is 0 Å². The molecule has 92 valence electrons. The molecular weight excluding hydrogens is 290 g/mol. The second-order valence-corrected chi connectivity index (χ2v) is 4.95. The van der Waals surface area contributed by atoms with Crippen LogP contribution in [0.2, 0.25) is 0 Å². The van der Waals surface area contributed by atoms with Gasteiger partial charge in [-0.1, -0.05) is 0 Å². The van der Waals surface area contributed by atoms with E-state index in [-0.39, 0.29) is 5.69 Å². The molecule has 6 nitrogen and oxygen atoms in total. The normalized spacial score (nSPS) is 11.1. The minimum Gasteiger partial charge on any atom is -0.324 e. The molecule has 0 aromatic heterocycles. The SMILES string of the molecule is CC(C)(N)C(=O)Nc1ccc(Br)c([N+](=O)[O-])c1. The molecule has 0 radical (unpaired) electrons. The largest absolute Gasteiger partial charge is 0.324 e. The Labute approximate surface area is 106 Å². The van der Waals surface area contributed by atoms with Crippen LogP contribution in [0.15, 0.2) is 22.7 Å². The number of nitrogens with one attached hydrogen (secondary N) is 1. The van der Waals surface area contributed by atoms with Crippen molar-refractivity contribution in [3.63, 3.8) is 0 Å². The summed E-state index contributed by atoms with van der Waals surface area (Å²) in [6.45, 7) is 3.10. The molecular formula is C10H12BrN3O3. The highest BCUT2D eigenvalue weighted by Gasteiger charge is 2.22. The molecule has 0 spiro atoms. The lowest BCUT2D eigenvalue weighted by molar-refractivity contribution is -0.385. The maximum absolute atomic E-state index is 11.6. The lowest BCUT2D eigenvalue weighted by Crippen LogP contribution is -2.45. The molecule has 3 N–H and O–H groups in total. The van der Waals surface area contributed by atoms with Gasteiger partial charge >= 0.3 is 0 Å². The van der Waals surface area contributed by atoms with Gasteiger partial charge in [0.05, 0.1) is 14.9 Å². The highest BCUT2D eigenvalue weighted by Crippen LogP contribution is 2.27. The lowest BCUT2D eigenvalue weighted by atomic mass is 10.1. The number of nitrogens with two attached hydrogens (primary N) is 1. The Bertz CT molecular complexity index is 468. The molecule has 0 aliphatic rings. The number of halogens is 1. The number of carbonyl (C=O) groups is 1. The van der Waals surface area contributed by atoms with Crippen molar-refractivity contribution in [2.75, 3.05) is 5.32 Å². The Morgan fingerprint density at radius 3 is 2.59 bits per heavy atom. The maximum Gasteiger partial charge on any atom is 0.285 e. The molecule has 0 saturated carbocycles. The van der Waals surface area contributed by atoms with Crippen LogP contribution in [-0.2, 0) is 4.79 Å². The molecule has 0 heterocycles. The van der Waals surface area contributed by atoms with Gasteiger partial charge in [-0.25, -0.2) is 0 Å². The van der Waals surface area contributed by atoms with Crippen LogP contribution in [0.4, 0.5) is 11.4 Å². The monoisotopic (exact) mass is 301 g/mol. The number of hydrogen-bond acceptors (Lipinski definition) is 4. The molecule has 0 atom stereocenters. The molecule has 0 aliphatic carbocycles. The van der Waals surface area contributed by atoms with Gasteiger partial charge in [0.25, 0.3) is 5.69 Å². The zero-order valence-electron chi connectivity index (χ0n) is 9.36. The van der Waals surface area contributed by atoms with E-state index in [1.807, 2.05) is 0 Å². The van der Waals surface area contributed by atoms with Gasteiger partial charge in [-0.05, 0) is 41.9 Å². The van der Waals surface area contributed by atoms with Crippen molar-refractivity contribution in [3.8, 4) is 0 Å². The van der Waals surface area contributed by atoms with Gasteiger partial charge in [0, 0.05) is 11.8 Å². The number of hydrogen-bond donors (Lipinski definition) is 2. The third-order valence-corrected chi connectivity index (χ3v) is 2.66. The van der Waals surface area contributed by atoms with Gasteiger partial charge in [0.2, 0.25) is 5.91 Å². The highest BCUT2D eigenvalue weighted by molar-refractivity contribution is 9.10. The number of nitro benzene ring substituents is 1. The van der Waals surface area contributed by atoms with E-state index < -0.39 is 16.4 Å². The van der Waals surface area contributed by atoms with Crippen LogP contribution in [0, 0.1) is 10.1 Å². The predicted octanol–water partition coefficient (Wildman–Crippen LogP) is 2.03. The number of anilines is 1. The second kappa shape index (κ2) is 4.80. The van der Waals surface area contributed by atoms with Crippen LogP contribution in [0.1, 0.15) is 13.8 Å². The molecule has 0 aliphatic heterocycles. The topological polar surface area (TPSA) is 98.3 Å². The summed E-state index contributed by atoms with van der Waals surface area (Å²) in [4.78, 5) is 21.7. The van der Waals surface area contributed by atoms with Crippen molar-refractivity contribution < 1.29 is 9.72 Å². The number of carbonyl (C=O) groups excluding carboxylic acids is 1. The van der Waals surface area contributed by atoms with Crippen LogP contribution >= 0.6 is 15.9 Å². The summed E-state index contributed by atoms with van der Waals surface area (Å²) in [5.74, 6) is -0.408. The van der Waals surface area contributed by atoms with E-state index in [0.717, 1.165) is 0 Å². The van der Waals surface area contributed by atoms with Gasteiger partial charge in [-0.2, -0.15) is 0 Å². The number of nitrogens with zero attached hydrogens (tertiary/aromatic N) is 1. The van der Waals surface area contributed by atoms with Crippen LogP contribution in [0.3, 0.4) is 0 Å². The van der Waals surface area contributed by atoms with Gasteiger partial charge in [0.1, 0.15) is 0 Å². The minimum atomic E-state index is -1.04. The fourth-order valence-electron chi connectivity index (χ4n) is 1.02. The van der Waals surface area contributed by atoms with Crippen LogP contribution < -0.4 is 11.1 Å². The second-order valence-electron chi connectivity index (χ2n) is 4.10. The van der Waals surface area contributed by atoms with Crippen LogP contribution in [0.5, 0.6) is 0 Å². The number of benzene rings is 1. The van der Waals surface area contributed by atoms with Gasteiger partial charge in [-0.3, -0.25) is 14.9 Å². The number of nitro groups is 1. The zero-order chi connectivity index (χ0) is 13.2. The first kappa shape index (κ1) is 13.6. The first-order valence-corrected chi connectivity index (χ1v) is 5.55. The standard InChI is InChI=1S/C10H12BrN3O3/c1-10(2,12)9(15)13-6-3-4-7(11)8(5-6)14(16)17/h3-5H,12H2,1-2H3,(H,13,15). The smallest absolute Gasteiger partial charge is 0.285 e. The Morgan fingerprint density at radius 2 is 2.12 bits per heavy atom. The molecule has 0 unspecified atom stereocenters. The van der Waals surface area contributed by atoms with Crippen molar-refractivity contribution in [1.29, 1.82) is 0 Å². The van der Waals surface area contributed by atoms with E-state index in [1.54, 1.807) is 19.9 Å². The van der Waals surface area contributed by atoms with Gasteiger partial charge in [0.15, 0.2) is 0 Å². The first-order valence-electron chi connectivity index (χ1n) is 4.76. The summed E-state index contributed by atoms with van der Waals surface area (Å²) in [5, 5.41) is 13.2. The van der Waals surface area contributed by atoms with Crippen molar-refractivity contribution in [3.05, 3.63) is 32.8 Å². The summed E-state index contributed by atoms with van der Waals surface area (Å²) in [6, 6.07) is 4.33. The van der Waals surface area contributed by atoms with E-state index in [2.05, 4.69) is 21.2 Å². The molecule has 1 aromatic rings. The minimum absolute atomic E-state index is 0.113. The summed E-state index contributed by atoms with van der Waals surface area (Å²) >= 11 is 3.06. The first-order chi connectivity index (χ1) is 7.71. The highest BCUT2D eigenvalue weighted by atomic mass is 79.9. The Hall–Kier alpha value is -1.47. The quantitative estimate of drug-likeness (QED) is 0.659. The third-order valence-electron chi connectivity index (χ3n) is 1.99. The van der Waals surface area contributed by atoms with Gasteiger partial charge < -0.3 is 11.1 Å². The van der Waals surface area contributed by atoms with Crippen molar-refractivity contribution in [2.45, 2.75) is 19.4 Å². The fraction of sp³-hybridized carbons (Fsp3) is 0.300. The Balaban J connectivity index is 2.98. The van der Waals surface area contributed by atoms with E-state index in [4.69, 9.17) is 5.73 Å². The summed E-state index contributed by atoms with van der Waals surface area (Å²) in [6.07, 6.45) is 0. The number of amides is 1. The van der Waals surface area contributed by atoms with Crippen LogP contribution in [-0.4, -0.2) is 16.4 Å². The van der Waals surface area contributed by atoms with Crippen molar-refractivity contribution >= 4 is 33.2 Å². The average Bonchev–Trinajstić information content (AvgIpc) is 2.19. The molecule has 7 heteroatoms. The van der Waals surface area contributed by atoms with Crippen molar-refractivity contribution in [1.82, 2.24) is 0 Å².